The fourth-order valence-corrected chi connectivity index (χ4v) is 1.84. The second-order valence-corrected chi connectivity index (χ2v) is 4.53. The normalized spacial score (nSPS) is 10.0. The Morgan fingerprint density at radius 1 is 1.29 bits per heavy atom. The molecule has 4 heteroatoms. The van der Waals surface area contributed by atoms with Gasteiger partial charge in [-0.2, -0.15) is 0 Å². The topological polar surface area (TPSA) is 24.9 Å². The van der Waals surface area contributed by atoms with Crippen molar-refractivity contribution in [2.45, 2.75) is 6.92 Å². The maximum absolute atomic E-state index is 5.90. The van der Waals surface area contributed by atoms with Gasteiger partial charge in [-0.1, -0.05) is 29.9 Å². The molecule has 0 saturated carbocycles. The second-order valence-electron chi connectivity index (χ2n) is 3.68. The molecule has 0 bridgehead atoms. The predicted molar refractivity (Wildman–Crippen MR) is 75.7 cm³/mol. The first-order valence-electron chi connectivity index (χ1n) is 5.15. The number of nitrogens with zero attached hydrogens (tertiary/aromatic N) is 1. The van der Waals surface area contributed by atoms with Gasteiger partial charge in [0, 0.05) is 16.9 Å². The Labute approximate surface area is 111 Å². The van der Waals surface area contributed by atoms with Crippen LogP contribution in [0.1, 0.15) is 11.3 Å². The van der Waals surface area contributed by atoms with E-state index in [4.69, 9.17) is 23.8 Å². The third-order valence-electron chi connectivity index (χ3n) is 2.23. The van der Waals surface area contributed by atoms with Crippen molar-refractivity contribution in [2.75, 3.05) is 5.32 Å². The molecule has 0 spiro atoms. The minimum absolute atomic E-state index is 0.593. The summed E-state index contributed by atoms with van der Waals surface area (Å²) >= 11 is 11.2. The lowest BCUT2D eigenvalue weighted by molar-refractivity contribution is 1.26. The van der Waals surface area contributed by atoms with Crippen LogP contribution in [0, 0.1) is 6.92 Å². The Balaban J connectivity index is 2.17. The summed E-state index contributed by atoms with van der Waals surface area (Å²) < 4.78 is 0. The Kier molecular flexibility index (Phi) is 3.71. The molecule has 0 saturated heterocycles. The lowest BCUT2D eigenvalue weighted by Crippen LogP contribution is -2.12. The van der Waals surface area contributed by atoms with Crippen LogP contribution in [-0.4, -0.2) is 9.97 Å². The van der Waals surface area contributed by atoms with Gasteiger partial charge in [-0.15, -0.1) is 0 Å². The van der Waals surface area contributed by atoms with Gasteiger partial charge in [-0.25, -0.2) is 0 Å². The molecule has 2 rings (SSSR count). The van der Waals surface area contributed by atoms with E-state index < -0.39 is 0 Å². The van der Waals surface area contributed by atoms with Gasteiger partial charge in [0.15, 0.2) is 0 Å². The standard InChI is InChI=1S/C13H11ClN2S/c1-9-5-6-15-12(7-9)13(17)16-11-4-2-3-10(14)8-11/h2-8H,1H3,(H,16,17). The maximum atomic E-state index is 5.90. The SMILES string of the molecule is Cc1ccnc(C(=S)Nc2cccc(Cl)c2)c1. The monoisotopic (exact) mass is 262 g/mol. The van der Waals surface area contributed by atoms with Crippen LogP contribution in [0.2, 0.25) is 5.02 Å². The third-order valence-corrected chi connectivity index (χ3v) is 2.78. The van der Waals surface area contributed by atoms with E-state index in [-0.39, 0.29) is 0 Å². The van der Waals surface area contributed by atoms with Crippen LogP contribution in [-0.2, 0) is 0 Å². The van der Waals surface area contributed by atoms with Gasteiger partial charge in [0.05, 0.1) is 5.69 Å². The minimum Gasteiger partial charge on any atom is -0.345 e. The van der Waals surface area contributed by atoms with E-state index in [1.165, 1.54) is 0 Å². The summed E-state index contributed by atoms with van der Waals surface area (Å²) in [6.07, 6.45) is 1.75. The number of halogens is 1. The highest BCUT2D eigenvalue weighted by Gasteiger charge is 2.03. The lowest BCUT2D eigenvalue weighted by Gasteiger charge is -2.08. The van der Waals surface area contributed by atoms with Gasteiger partial charge < -0.3 is 5.32 Å². The van der Waals surface area contributed by atoms with Crippen molar-refractivity contribution in [3.05, 3.63) is 58.9 Å². The first-order chi connectivity index (χ1) is 8.15. The van der Waals surface area contributed by atoms with Crippen molar-refractivity contribution >= 4 is 34.5 Å². The van der Waals surface area contributed by atoms with Gasteiger partial charge in [-0.05, 0) is 42.8 Å². The Hall–Kier alpha value is -1.45. The van der Waals surface area contributed by atoms with Crippen LogP contribution < -0.4 is 5.32 Å². The Morgan fingerprint density at radius 2 is 2.12 bits per heavy atom. The Bertz CT molecular complexity index is 555. The average molecular weight is 263 g/mol. The molecule has 17 heavy (non-hydrogen) atoms. The largest absolute Gasteiger partial charge is 0.345 e. The molecule has 2 aromatic rings. The zero-order chi connectivity index (χ0) is 12.3. The predicted octanol–water partition coefficient (Wildman–Crippen LogP) is 3.83. The van der Waals surface area contributed by atoms with Crippen molar-refractivity contribution in [1.29, 1.82) is 0 Å². The third kappa shape index (κ3) is 3.25. The quantitative estimate of drug-likeness (QED) is 0.833. The molecule has 1 heterocycles. The number of pyridine rings is 1. The summed E-state index contributed by atoms with van der Waals surface area (Å²) in [6.45, 7) is 2.01. The van der Waals surface area contributed by atoms with Crippen LogP contribution in [0.4, 0.5) is 5.69 Å². The molecule has 1 N–H and O–H groups in total. The van der Waals surface area contributed by atoms with E-state index in [1.54, 1.807) is 6.20 Å². The molecule has 2 nitrogen and oxygen atoms in total. The number of hydrogen-bond donors (Lipinski definition) is 1. The molecule has 1 aromatic heterocycles. The van der Waals surface area contributed by atoms with E-state index in [9.17, 15) is 0 Å². The van der Waals surface area contributed by atoms with Gasteiger partial charge in [-0.3, -0.25) is 4.98 Å². The fraction of sp³-hybridized carbons (Fsp3) is 0.0769. The smallest absolute Gasteiger partial charge is 0.129 e. The van der Waals surface area contributed by atoms with E-state index in [1.807, 2.05) is 43.3 Å². The van der Waals surface area contributed by atoms with Crippen molar-refractivity contribution in [3.63, 3.8) is 0 Å². The Morgan fingerprint density at radius 3 is 2.82 bits per heavy atom. The van der Waals surface area contributed by atoms with Gasteiger partial charge in [0.1, 0.15) is 4.99 Å². The van der Waals surface area contributed by atoms with E-state index in [2.05, 4.69) is 10.3 Å². The molecule has 0 aliphatic rings. The second kappa shape index (κ2) is 5.25. The van der Waals surface area contributed by atoms with E-state index >= 15 is 0 Å². The number of thiocarbonyl (C=S) groups is 1. The van der Waals surface area contributed by atoms with Gasteiger partial charge in [0.25, 0.3) is 0 Å². The molecular weight excluding hydrogens is 252 g/mol. The number of anilines is 1. The molecule has 0 unspecified atom stereocenters. The maximum Gasteiger partial charge on any atom is 0.129 e. The van der Waals surface area contributed by atoms with Gasteiger partial charge in [0.2, 0.25) is 0 Å². The lowest BCUT2D eigenvalue weighted by atomic mass is 10.2. The van der Waals surface area contributed by atoms with Crippen LogP contribution >= 0.6 is 23.8 Å². The molecule has 0 amide bonds. The number of rotatable bonds is 2. The van der Waals surface area contributed by atoms with Crippen LogP contribution in [0.5, 0.6) is 0 Å². The highest BCUT2D eigenvalue weighted by molar-refractivity contribution is 7.81. The summed E-state index contributed by atoms with van der Waals surface area (Å²) in [6, 6.07) is 11.3. The zero-order valence-electron chi connectivity index (χ0n) is 9.27. The summed E-state index contributed by atoms with van der Waals surface area (Å²) in [5.41, 5.74) is 2.76. The highest BCUT2D eigenvalue weighted by Crippen LogP contribution is 2.16. The summed E-state index contributed by atoms with van der Waals surface area (Å²) in [5, 5.41) is 3.79. The number of aryl methyl sites for hydroxylation is 1. The van der Waals surface area contributed by atoms with Crippen LogP contribution in [0.25, 0.3) is 0 Å². The summed E-state index contributed by atoms with van der Waals surface area (Å²) in [4.78, 5) is 4.81. The number of hydrogen-bond acceptors (Lipinski definition) is 2. The van der Waals surface area contributed by atoms with Crippen molar-refractivity contribution < 1.29 is 0 Å². The van der Waals surface area contributed by atoms with E-state index in [0.29, 0.717) is 10.0 Å². The van der Waals surface area contributed by atoms with Gasteiger partial charge >= 0.3 is 0 Å². The molecule has 0 atom stereocenters. The van der Waals surface area contributed by atoms with Crippen LogP contribution in [0.3, 0.4) is 0 Å². The van der Waals surface area contributed by atoms with Crippen molar-refractivity contribution in [2.24, 2.45) is 0 Å². The molecule has 0 radical (unpaired) electrons. The summed E-state index contributed by atoms with van der Waals surface area (Å²) in [7, 11) is 0. The molecule has 0 aliphatic heterocycles. The molecule has 86 valence electrons. The number of benzene rings is 1. The first-order valence-corrected chi connectivity index (χ1v) is 5.93. The number of nitrogens with one attached hydrogen (secondary N) is 1. The zero-order valence-corrected chi connectivity index (χ0v) is 10.8. The van der Waals surface area contributed by atoms with Crippen LogP contribution in [0.15, 0.2) is 42.6 Å². The van der Waals surface area contributed by atoms with Crippen molar-refractivity contribution in [3.8, 4) is 0 Å². The molecule has 0 fully saturated rings. The average Bonchev–Trinajstić information content (AvgIpc) is 2.29. The fourth-order valence-electron chi connectivity index (χ4n) is 1.42. The molecular formula is C13H11ClN2S. The van der Waals surface area contributed by atoms with E-state index in [0.717, 1.165) is 16.9 Å². The summed E-state index contributed by atoms with van der Waals surface area (Å²) in [5.74, 6) is 0. The molecule has 0 aliphatic carbocycles. The first kappa shape index (κ1) is 12.0. The molecule has 1 aromatic carbocycles. The minimum atomic E-state index is 0.593. The number of aromatic nitrogens is 1. The van der Waals surface area contributed by atoms with Crippen molar-refractivity contribution in [1.82, 2.24) is 4.98 Å². The highest BCUT2D eigenvalue weighted by atomic mass is 35.5.